The summed E-state index contributed by atoms with van der Waals surface area (Å²) < 4.78 is 36.1. The number of nitrogens with one attached hydrogen (secondary N) is 1. The van der Waals surface area contributed by atoms with Crippen molar-refractivity contribution < 1.29 is 42.5 Å². The van der Waals surface area contributed by atoms with Crippen LogP contribution in [-0.2, 0) is 30.6 Å². The summed E-state index contributed by atoms with van der Waals surface area (Å²) in [7, 11) is -3.51. The third-order valence-electron chi connectivity index (χ3n) is 6.39. The zero-order valence-electron chi connectivity index (χ0n) is 23.1. The fourth-order valence-corrected chi connectivity index (χ4v) is 5.50. The second kappa shape index (κ2) is 14.8. The van der Waals surface area contributed by atoms with E-state index in [2.05, 4.69) is 5.32 Å². The lowest BCUT2D eigenvalue weighted by Gasteiger charge is -2.17. The molecule has 0 aliphatic heterocycles. The molecule has 3 aromatic rings. The van der Waals surface area contributed by atoms with Crippen molar-refractivity contribution in [1.82, 2.24) is 0 Å². The van der Waals surface area contributed by atoms with E-state index in [0.29, 0.717) is 29.2 Å². The number of carbonyl (C=O) groups excluding carboxylic acids is 2. The highest BCUT2D eigenvalue weighted by atomic mass is 35.5. The minimum Gasteiger partial charge on any atom is -0.484 e. The van der Waals surface area contributed by atoms with Crippen LogP contribution in [0.25, 0.3) is 0 Å². The fourth-order valence-electron chi connectivity index (χ4n) is 4.06. The zero-order chi connectivity index (χ0) is 30.9. The number of aliphatic hydroxyl groups is 1. The number of carboxylic acid groups (broad SMARTS) is 1. The molecule has 0 aliphatic carbocycles. The molecule has 42 heavy (non-hydrogen) atoms. The number of hydrogen-bond donors (Lipinski definition) is 3. The van der Waals surface area contributed by atoms with Crippen LogP contribution in [0.1, 0.15) is 37.3 Å². The van der Waals surface area contributed by atoms with Crippen molar-refractivity contribution in [1.29, 1.82) is 0 Å². The number of aliphatic carboxylic acids is 1. The summed E-state index contributed by atoms with van der Waals surface area (Å²) in [6.07, 6.45) is -0.452. The molecule has 0 spiro atoms. The Kier molecular flexibility index (Phi) is 11.5. The van der Waals surface area contributed by atoms with Crippen LogP contribution in [0.2, 0.25) is 5.02 Å². The Morgan fingerprint density at radius 1 is 0.952 bits per heavy atom. The number of aryl methyl sites for hydroxylation is 1. The molecule has 0 saturated heterocycles. The van der Waals surface area contributed by atoms with Crippen LogP contribution in [0, 0.1) is 0 Å². The molecule has 1 amide bonds. The lowest BCUT2D eigenvalue weighted by Crippen LogP contribution is -2.24. The van der Waals surface area contributed by atoms with Crippen molar-refractivity contribution in [3.63, 3.8) is 0 Å². The first-order valence-electron chi connectivity index (χ1n) is 13.0. The minimum absolute atomic E-state index is 0.104. The maximum absolute atomic E-state index is 12.7. The van der Waals surface area contributed by atoms with Gasteiger partial charge in [-0.25, -0.2) is 13.2 Å². The number of anilines is 1. The normalized spacial score (nSPS) is 12.7. The van der Waals surface area contributed by atoms with Gasteiger partial charge in [0.1, 0.15) is 17.6 Å². The fraction of sp³-hybridized carbons (Fsp3) is 0.300. The van der Waals surface area contributed by atoms with Crippen molar-refractivity contribution in [2.75, 3.05) is 24.3 Å². The molecular formula is C30H32ClNO9S. The zero-order valence-corrected chi connectivity index (χ0v) is 24.7. The number of carboxylic acids is 1. The number of aliphatic hydroxyl groups excluding tert-OH is 1. The molecule has 0 radical (unpaired) electrons. The number of ketones is 1. The largest absolute Gasteiger partial charge is 0.484 e. The van der Waals surface area contributed by atoms with Gasteiger partial charge in [0.15, 0.2) is 28.8 Å². The highest BCUT2D eigenvalue weighted by Crippen LogP contribution is 2.27. The Morgan fingerprint density at radius 2 is 1.62 bits per heavy atom. The molecule has 0 heterocycles. The van der Waals surface area contributed by atoms with E-state index in [1.165, 1.54) is 37.3 Å². The van der Waals surface area contributed by atoms with E-state index in [-0.39, 0.29) is 34.5 Å². The van der Waals surface area contributed by atoms with Gasteiger partial charge in [-0.05, 0) is 79.4 Å². The first-order chi connectivity index (χ1) is 19.9. The molecule has 3 N–H and O–H groups in total. The van der Waals surface area contributed by atoms with E-state index in [1.807, 2.05) is 0 Å². The highest BCUT2D eigenvalue weighted by Gasteiger charge is 2.20. The number of amides is 1. The summed E-state index contributed by atoms with van der Waals surface area (Å²) in [6, 6.07) is 17.3. The summed E-state index contributed by atoms with van der Waals surface area (Å²) in [5, 5.41) is 22.1. The molecule has 0 aliphatic rings. The Morgan fingerprint density at radius 3 is 2.24 bits per heavy atom. The van der Waals surface area contributed by atoms with Crippen LogP contribution in [0.4, 0.5) is 5.69 Å². The molecule has 0 aromatic heterocycles. The maximum Gasteiger partial charge on any atom is 0.341 e. The number of sulfone groups is 1. The molecule has 2 unspecified atom stereocenters. The van der Waals surface area contributed by atoms with Gasteiger partial charge in [-0.15, -0.1) is 0 Å². The van der Waals surface area contributed by atoms with Crippen LogP contribution < -0.4 is 14.8 Å². The van der Waals surface area contributed by atoms with E-state index in [0.717, 1.165) is 5.56 Å². The van der Waals surface area contributed by atoms with Crippen LogP contribution in [0.15, 0.2) is 71.6 Å². The monoisotopic (exact) mass is 617 g/mol. The Labute approximate surface area is 249 Å². The van der Waals surface area contributed by atoms with Gasteiger partial charge in [-0.2, -0.15) is 0 Å². The minimum atomic E-state index is -3.51. The third-order valence-corrected chi connectivity index (χ3v) is 8.45. The average molecular weight is 618 g/mol. The number of halogens is 1. The van der Waals surface area contributed by atoms with Gasteiger partial charge in [0.2, 0.25) is 0 Å². The summed E-state index contributed by atoms with van der Waals surface area (Å²) in [5.41, 5.74) is 1.65. The van der Waals surface area contributed by atoms with Gasteiger partial charge in [0.25, 0.3) is 5.91 Å². The van der Waals surface area contributed by atoms with Crippen molar-refractivity contribution in [2.24, 2.45) is 0 Å². The van der Waals surface area contributed by atoms with Crippen molar-refractivity contribution >= 4 is 44.8 Å². The third kappa shape index (κ3) is 9.57. The second-order valence-corrected chi connectivity index (χ2v) is 12.2. The standard InChI is InChI=1S/C30H32ClNO9S/c1-19(30(37)20(2)33)22-6-10-24(11-7-22)40-17-28(34)32-26-16-21(5-14-27(26)41-18-29(35)36)4-3-15-42(38,39)25-12-8-23(31)9-13-25/h5-14,16,19,30,37H,3-4,15,17-18H2,1-2H3,(H,32,34)(H,35,36). The molecule has 0 saturated carbocycles. The second-order valence-electron chi connectivity index (χ2n) is 9.64. The lowest BCUT2D eigenvalue weighted by atomic mass is 9.93. The van der Waals surface area contributed by atoms with E-state index < -0.39 is 40.3 Å². The van der Waals surface area contributed by atoms with Gasteiger partial charge in [0, 0.05) is 10.9 Å². The number of benzene rings is 3. The summed E-state index contributed by atoms with van der Waals surface area (Å²) >= 11 is 5.84. The highest BCUT2D eigenvalue weighted by molar-refractivity contribution is 7.91. The molecule has 224 valence electrons. The SMILES string of the molecule is CC(=O)C(O)C(C)c1ccc(OCC(=O)Nc2cc(CCCS(=O)(=O)c3ccc(Cl)cc3)ccc2OCC(=O)O)cc1. The molecule has 12 heteroatoms. The number of rotatable bonds is 15. The first-order valence-corrected chi connectivity index (χ1v) is 15.1. The smallest absolute Gasteiger partial charge is 0.341 e. The van der Waals surface area contributed by atoms with Crippen molar-refractivity contribution in [3.8, 4) is 11.5 Å². The molecule has 2 atom stereocenters. The molecule has 0 fully saturated rings. The first kappa shape index (κ1) is 32.6. The summed E-state index contributed by atoms with van der Waals surface area (Å²) in [5.74, 6) is -2.07. The quantitative estimate of drug-likeness (QED) is 0.226. The predicted octanol–water partition coefficient (Wildman–Crippen LogP) is 4.28. The number of ether oxygens (including phenoxy) is 2. The van der Waals surface area contributed by atoms with Crippen LogP contribution in [0.3, 0.4) is 0 Å². The summed E-state index contributed by atoms with van der Waals surface area (Å²) in [6.45, 7) is 2.05. The van der Waals surface area contributed by atoms with E-state index >= 15 is 0 Å². The van der Waals surface area contributed by atoms with Crippen molar-refractivity contribution in [2.45, 2.75) is 43.6 Å². The van der Waals surface area contributed by atoms with Gasteiger partial charge in [-0.1, -0.05) is 36.7 Å². The molecular weight excluding hydrogens is 586 g/mol. The Hall–Kier alpha value is -3.93. The maximum atomic E-state index is 12.7. The van der Waals surface area contributed by atoms with E-state index in [1.54, 1.807) is 43.3 Å². The number of carbonyl (C=O) groups is 3. The predicted molar refractivity (Wildman–Crippen MR) is 157 cm³/mol. The Bertz CT molecular complexity index is 1510. The van der Waals surface area contributed by atoms with Crippen LogP contribution in [0.5, 0.6) is 11.5 Å². The Balaban J connectivity index is 1.63. The molecule has 3 aromatic carbocycles. The van der Waals surface area contributed by atoms with Crippen LogP contribution in [-0.4, -0.2) is 61.4 Å². The number of Topliss-reactive ketones (excluding diaryl/α,β-unsaturated/α-hetero) is 1. The van der Waals surface area contributed by atoms with Gasteiger partial charge < -0.3 is 25.0 Å². The summed E-state index contributed by atoms with van der Waals surface area (Å²) in [4.78, 5) is 35.3. The van der Waals surface area contributed by atoms with E-state index in [4.69, 9.17) is 26.2 Å². The molecule has 3 rings (SSSR count). The topological polar surface area (TPSA) is 156 Å². The molecule has 10 nitrogen and oxygen atoms in total. The lowest BCUT2D eigenvalue weighted by molar-refractivity contribution is -0.139. The molecule has 0 bridgehead atoms. The van der Waals surface area contributed by atoms with Crippen molar-refractivity contribution in [3.05, 3.63) is 82.9 Å². The average Bonchev–Trinajstić information content (AvgIpc) is 2.95. The van der Waals surface area contributed by atoms with E-state index in [9.17, 15) is 27.9 Å². The van der Waals surface area contributed by atoms with Gasteiger partial charge in [0.05, 0.1) is 16.3 Å². The van der Waals surface area contributed by atoms with Gasteiger partial charge in [-0.3, -0.25) is 9.59 Å². The number of hydrogen-bond acceptors (Lipinski definition) is 8. The van der Waals surface area contributed by atoms with Gasteiger partial charge >= 0.3 is 5.97 Å². The van der Waals surface area contributed by atoms with Crippen LogP contribution >= 0.6 is 11.6 Å².